The first-order chi connectivity index (χ1) is 9.44. The van der Waals surface area contributed by atoms with Gasteiger partial charge in [-0.3, -0.25) is 0 Å². The maximum Gasteiger partial charge on any atom is 0.191 e. The minimum Gasteiger partial charge on any atom is -0.501 e. The number of nitrogens with zero attached hydrogens (tertiary/aromatic N) is 1. The van der Waals surface area contributed by atoms with Crippen molar-refractivity contribution >= 4 is 5.90 Å². The molecule has 4 heteroatoms. The van der Waals surface area contributed by atoms with Gasteiger partial charge in [0.25, 0.3) is 0 Å². The summed E-state index contributed by atoms with van der Waals surface area (Å²) < 4.78 is 17.0. The smallest absolute Gasteiger partial charge is 0.191 e. The highest BCUT2D eigenvalue weighted by Crippen LogP contribution is 2.50. The minimum absolute atomic E-state index is 0.0973. The van der Waals surface area contributed by atoms with Crippen molar-refractivity contribution in [2.45, 2.75) is 38.6 Å². The Hall–Kier alpha value is -1.71. The van der Waals surface area contributed by atoms with E-state index in [0.29, 0.717) is 6.61 Å². The van der Waals surface area contributed by atoms with Crippen LogP contribution in [0.4, 0.5) is 0 Å². The summed E-state index contributed by atoms with van der Waals surface area (Å²) in [6.45, 7) is 6.98. The molecule has 0 radical (unpaired) electrons. The van der Waals surface area contributed by atoms with Crippen LogP contribution in [0.3, 0.4) is 0 Å². The van der Waals surface area contributed by atoms with E-state index in [1.54, 1.807) is 13.4 Å². The monoisotopic (exact) mass is 275 g/mol. The molecule has 1 aliphatic carbocycles. The summed E-state index contributed by atoms with van der Waals surface area (Å²) in [7, 11) is 1.71. The van der Waals surface area contributed by atoms with Gasteiger partial charge in [-0.25, -0.2) is 4.99 Å². The van der Waals surface area contributed by atoms with Gasteiger partial charge in [0.2, 0.25) is 0 Å². The van der Waals surface area contributed by atoms with Crippen LogP contribution in [0.2, 0.25) is 0 Å². The molecule has 20 heavy (non-hydrogen) atoms. The molecule has 0 aromatic carbocycles. The Morgan fingerprint density at radius 3 is 2.70 bits per heavy atom. The van der Waals surface area contributed by atoms with Gasteiger partial charge in [0, 0.05) is 6.42 Å². The summed E-state index contributed by atoms with van der Waals surface area (Å²) in [5.74, 6) is 2.80. The number of hydrogen-bond donors (Lipinski definition) is 0. The Labute approximate surface area is 119 Å². The lowest BCUT2D eigenvalue weighted by Gasteiger charge is -2.29. The zero-order chi connectivity index (χ0) is 14.4. The van der Waals surface area contributed by atoms with Crippen LogP contribution in [-0.4, -0.2) is 25.2 Å². The molecule has 0 unspecified atom stereocenters. The zero-order valence-electron chi connectivity index (χ0n) is 12.5. The van der Waals surface area contributed by atoms with Gasteiger partial charge in [-0.15, -0.1) is 0 Å². The molecular formula is C16H21NO3. The largest absolute Gasteiger partial charge is 0.501 e. The number of allylic oxidation sites excluding steroid dienone is 2. The highest BCUT2D eigenvalue weighted by atomic mass is 16.5. The average molecular weight is 275 g/mol. The van der Waals surface area contributed by atoms with Gasteiger partial charge in [-0.05, 0) is 39.0 Å². The van der Waals surface area contributed by atoms with E-state index in [4.69, 9.17) is 18.9 Å². The quantitative estimate of drug-likeness (QED) is 0.848. The lowest BCUT2D eigenvalue weighted by atomic mass is 9.77. The van der Waals surface area contributed by atoms with Crippen molar-refractivity contribution in [1.29, 1.82) is 0 Å². The Morgan fingerprint density at radius 2 is 2.15 bits per heavy atom. The predicted molar refractivity (Wildman–Crippen MR) is 76.7 cm³/mol. The molecule has 0 saturated carbocycles. The van der Waals surface area contributed by atoms with Crippen LogP contribution >= 0.6 is 0 Å². The van der Waals surface area contributed by atoms with Crippen LogP contribution in [0, 0.1) is 5.41 Å². The van der Waals surface area contributed by atoms with E-state index in [2.05, 4.69) is 26.8 Å². The third kappa shape index (κ3) is 2.03. The number of hydrogen-bond acceptors (Lipinski definition) is 4. The van der Waals surface area contributed by atoms with Crippen molar-refractivity contribution in [3.63, 3.8) is 0 Å². The third-order valence-corrected chi connectivity index (χ3v) is 4.15. The van der Waals surface area contributed by atoms with Crippen LogP contribution in [0.15, 0.2) is 39.6 Å². The normalized spacial score (nSPS) is 31.7. The van der Waals surface area contributed by atoms with Crippen molar-refractivity contribution in [2.75, 3.05) is 13.7 Å². The van der Waals surface area contributed by atoms with Crippen molar-refractivity contribution < 1.29 is 13.9 Å². The van der Waals surface area contributed by atoms with Crippen molar-refractivity contribution in [1.82, 2.24) is 0 Å². The van der Waals surface area contributed by atoms with Gasteiger partial charge in [0.05, 0.1) is 36.0 Å². The molecule has 2 aliphatic rings. The van der Waals surface area contributed by atoms with Gasteiger partial charge in [0.1, 0.15) is 12.4 Å². The second kappa shape index (κ2) is 4.40. The van der Waals surface area contributed by atoms with Crippen LogP contribution in [-0.2, 0) is 9.47 Å². The van der Waals surface area contributed by atoms with E-state index >= 15 is 0 Å². The number of rotatable bonds is 3. The van der Waals surface area contributed by atoms with E-state index < -0.39 is 0 Å². The van der Waals surface area contributed by atoms with Gasteiger partial charge in [-0.2, -0.15) is 0 Å². The van der Waals surface area contributed by atoms with Crippen molar-refractivity contribution in [2.24, 2.45) is 10.4 Å². The molecule has 2 atom stereocenters. The Bertz CT molecular complexity index is 556. The maximum atomic E-state index is 5.90. The Balaban J connectivity index is 1.99. The fourth-order valence-electron chi connectivity index (χ4n) is 2.99. The third-order valence-electron chi connectivity index (χ3n) is 4.15. The molecule has 1 aromatic rings. The van der Waals surface area contributed by atoms with E-state index in [1.165, 1.54) is 0 Å². The van der Waals surface area contributed by atoms with E-state index in [1.807, 2.05) is 12.1 Å². The summed E-state index contributed by atoms with van der Waals surface area (Å²) in [4.78, 5) is 4.77. The Kier molecular flexibility index (Phi) is 2.92. The van der Waals surface area contributed by atoms with Gasteiger partial charge in [0.15, 0.2) is 5.90 Å². The molecular weight excluding hydrogens is 254 g/mol. The fourth-order valence-corrected chi connectivity index (χ4v) is 2.99. The van der Waals surface area contributed by atoms with Crippen molar-refractivity contribution in [3.05, 3.63) is 36.0 Å². The van der Waals surface area contributed by atoms with E-state index in [9.17, 15) is 0 Å². The van der Waals surface area contributed by atoms with E-state index in [-0.39, 0.29) is 16.9 Å². The van der Waals surface area contributed by atoms with E-state index in [0.717, 1.165) is 23.8 Å². The molecule has 0 N–H and O–H groups in total. The first-order valence-corrected chi connectivity index (χ1v) is 6.96. The Morgan fingerprint density at radius 1 is 1.35 bits per heavy atom. The summed E-state index contributed by atoms with van der Waals surface area (Å²) in [6.07, 6.45) is 4.61. The summed E-state index contributed by atoms with van der Waals surface area (Å²) in [6, 6.07) is 3.91. The SMILES string of the molecule is COC1=C[C@H](c2ccco2)[C@](C)(C2=NC(C)(C)CO2)C1. The van der Waals surface area contributed by atoms with Crippen LogP contribution in [0.25, 0.3) is 0 Å². The molecule has 0 saturated heterocycles. The fraction of sp³-hybridized carbons (Fsp3) is 0.562. The molecule has 1 aromatic heterocycles. The molecule has 1 aliphatic heterocycles. The highest BCUT2D eigenvalue weighted by Gasteiger charge is 2.49. The van der Waals surface area contributed by atoms with Gasteiger partial charge >= 0.3 is 0 Å². The maximum absolute atomic E-state index is 5.90. The molecule has 0 spiro atoms. The minimum atomic E-state index is -0.239. The highest BCUT2D eigenvalue weighted by molar-refractivity contribution is 5.86. The second-order valence-electron chi connectivity index (χ2n) is 6.44. The second-order valence-corrected chi connectivity index (χ2v) is 6.44. The number of methoxy groups -OCH3 is 1. The van der Waals surface area contributed by atoms with Crippen molar-refractivity contribution in [3.8, 4) is 0 Å². The molecule has 2 heterocycles. The first kappa shape index (κ1) is 13.3. The molecule has 108 valence electrons. The molecule has 3 rings (SSSR count). The summed E-state index contributed by atoms with van der Waals surface area (Å²) >= 11 is 0. The first-order valence-electron chi connectivity index (χ1n) is 6.96. The molecule has 0 amide bonds. The number of furan rings is 1. The average Bonchev–Trinajstić information content (AvgIpc) is 3.07. The zero-order valence-corrected chi connectivity index (χ0v) is 12.5. The molecule has 0 bridgehead atoms. The van der Waals surface area contributed by atoms with Gasteiger partial charge < -0.3 is 13.9 Å². The van der Waals surface area contributed by atoms with Gasteiger partial charge in [-0.1, -0.05) is 0 Å². The predicted octanol–water partition coefficient (Wildman–Crippen LogP) is 3.51. The standard InChI is InChI=1S/C16H21NO3/c1-15(2)10-20-14(17-15)16(3)9-11(18-4)8-12(16)13-6-5-7-19-13/h5-8,12H,9-10H2,1-4H3/t12-,16-/m1/s1. The van der Waals surface area contributed by atoms with Crippen LogP contribution in [0.1, 0.15) is 38.9 Å². The number of ether oxygens (including phenoxy) is 2. The summed E-state index contributed by atoms with van der Waals surface area (Å²) in [5, 5.41) is 0. The lowest BCUT2D eigenvalue weighted by Crippen LogP contribution is -2.31. The van der Waals surface area contributed by atoms with Crippen LogP contribution in [0.5, 0.6) is 0 Å². The molecule has 0 fully saturated rings. The topological polar surface area (TPSA) is 44.0 Å². The van der Waals surface area contributed by atoms with Crippen LogP contribution < -0.4 is 0 Å². The summed E-state index contributed by atoms with van der Waals surface area (Å²) in [5.41, 5.74) is -0.390. The lowest BCUT2D eigenvalue weighted by molar-refractivity contribution is 0.220. The molecule has 4 nitrogen and oxygen atoms in total. The number of aliphatic imine (C=N–C) groups is 1.